The molecule has 2 aromatic carbocycles. The van der Waals surface area contributed by atoms with E-state index in [4.69, 9.17) is 0 Å². The first-order valence-corrected chi connectivity index (χ1v) is 11.5. The van der Waals surface area contributed by atoms with Gasteiger partial charge in [-0.15, -0.1) is 0 Å². The van der Waals surface area contributed by atoms with Crippen molar-refractivity contribution in [1.82, 2.24) is 4.90 Å². The lowest BCUT2D eigenvalue weighted by molar-refractivity contribution is 0.367. The van der Waals surface area contributed by atoms with Crippen molar-refractivity contribution in [2.24, 2.45) is 0 Å². The van der Waals surface area contributed by atoms with E-state index in [-0.39, 0.29) is 6.04 Å². The maximum atomic E-state index is 9.77. The molecule has 0 aliphatic carbocycles. The van der Waals surface area contributed by atoms with Crippen molar-refractivity contribution in [2.75, 3.05) is 18.1 Å². The summed E-state index contributed by atoms with van der Waals surface area (Å²) in [5.74, 6) is 8.36. The van der Waals surface area contributed by atoms with Crippen LogP contribution in [0.3, 0.4) is 0 Å². The topological polar surface area (TPSA) is 27.0 Å². The minimum Gasteiger partial charge on any atom is -0.355 e. The molecule has 1 unspecified atom stereocenters. The third-order valence-electron chi connectivity index (χ3n) is 4.58. The van der Waals surface area contributed by atoms with Gasteiger partial charge in [0.15, 0.2) is 0 Å². The zero-order valence-corrected chi connectivity index (χ0v) is 18.3. The Morgan fingerprint density at radius 2 is 1.76 bits per heavy atom. The molecule has 3 heteroatoms. The number of nitrogens with zero attached hydrogens (tertiary/aromatic N) is 2. The van der Waals surface area contributed by atoms with Crippen LogP contribution in [0.2, 0.25) is 0 Å². The summed E-state index contributed by atoms with van der Waals surface area (Å²) in [6, 6.07) is 20.5. The van der Waals surface area contributed by atoms with E-state index < -0.39 is 0 Å². The van der Waals surface area contributed by atoms with Gasteiger partial charge in [0.1, 0.15) is 6.04 Å². The Bertz CT molecular complexity index is 871. The number of hydrogen-bond donors (Lipinski definition) is 0. The summed E-state index contributed by atoms with van der Waals surface area (Å²) in [4.78, 5) is 2.16. The van der Waals surface area contributed by atoms with E-state index in [0.29, 0.717) is 0 Å². The van der Waals surface area contributed by atoms with Crippen molar-refractivity contribution in [2.45, 2.75) is 39.2 Å². The first kappa shape index (κ1) is 22.7. The summed E-state index contributed by atoms with van der Waals surface area (Å²) in [7, 11) is 0. The Morgan fingerprint density at radius 1 is 1.03 bits per heavy atom. The van der Waals surface area contributed by atoms with Gasteiger partial charge in [-0.2, -0.15) is 17.0 Å². The second-order valence-corrected chi connectivity index (χ2v) is 8.06. The molecule has 0 spiro atoms. The van der Waals surface area contributed by atoms with Crippen molar-refractivity contribution in [3.63, 3.8) is 0 Å². The Balaban J connectivity index is 2.16. The maximum absolute atomic E-state index is 9.77. The number of benzene rings is 2. The molecular weight excluding hydrogens is 372 g/mol. The predicted octanol–water partition coefficient (Wildman–Crippen LogP) is 6.19. The fourth-order valence-corrected chi connectivity index (χ4v) is 4.10. The number of thioether (sulfide) groups is 1. The molecule has 150 valence electrons. The Morgan fingerprint density at radius 3 is 2.45 bits per heavy atom. The lowest BCUT2D eigenvalue weighted by Gasteiger charge is -2.31. The fourth-order valence-electron chi connectivity index (χ4n) is 2.97. The van der Waals surface area contributed by atoms with Crippen LogP contribution in [0.5, 0.6) is 0 Å². The van der Waals surface area contributed by atoms with E-state index in [1.165, 1.54) is 12.8 Å². The number of nitriles is 1. The normalized spacial score (nSPS) is 11.1. The smallest absolute Gasteiger partial charge is 0.126 e. The van der Waals surface area contributed by atoms with Crippen LogP contribution in [0.4, 0.5) is 0 Å². The largest absolute Gasteiger partial charge is 0.355 e. The second-order valence-electron chi connectivity index (χ2n) is 6.91. The SMILES string of the molecule is C=C(c1cccc(C#Cc2ccccc2)c1)N(CCC)C(C#N)CSCCCC. The molecule has 0 saturated heterocycles. The quantitative estimate of drug-likeness (QED) is 0.350. The summed E-state index contributed by atoms with van der Waals surface area (Å²) in [5, 5.41) is 9.77. The Hall–Kier alpha value is -2.62. The first-order valence-electron chi connectivity index (χ1n) is 10.3. The molecule has 0 aliphatic rings. The van der Waals surface area contributed by atoms with Crippen molar-refractivity contribution >= 4 is 17.5 Å². The molecule has 1 atom stereocenters. The van der Waals surface area contributed by atoms with Gasteiger partial charge in [0, 0.05) is 29.1 Å². The highest BCUT2D eigenvalue weighted by Gasteiger charge is 2.20. The van der Waals surface area contributed by atoms with Gasteiger partial charge in [-0.1, -0.05) is 69.0 Å². The minimum atomic E-state index is -0.164. The molecule has 0 saturated carbocycles. The molecule has 2 aromatic rings. The van der Waals surface area contributed by atoms with Crippen LogP contribution in [-0.4, -0.2) is 29.0 Å². The number of rotatable bonds is 10. The third-order valence-corrected chi connectivity index (χ3v) is 5.70. The summed E-state index contributed by atoms with van der Waals surface area (Å²) >= 11 is 1.86. The average Bonchev–Trinajstić information content (AvgIpc) is 2.77. The van der Waals surface area contributed by atoms with E-state index in [9.17, 15) is 5.26 Å². The maximum Gasteiger partial charge on any atom is 0.126 e. The first-order chi connectivity index (χ1) is 14.2. The van der Waals surface area contributed by atoms with E-state index in [1.54, 1.807) is 0 Å². The highest BCUT2D eigenvalue weighted by molar-refractivity contribution is 7.99. The van der Waals surface area contributed by atoms with Gasteiger partial charge in [-0.05, 0) is 48.4 Å². The van der Waals surface area contributed by atoms with E-state index in [0.717, 1.165) is 46.9 Å². The van der Waals surface area contributed by atoms with Crippen LogP contribution in [0.15, 0.2) is 61.2 Å². The van der Waals surface area contributed by atoms with Crippen LogP contribution < -0.4 is 0 Å². The average molecular weight is 403 g/mol. The molecule has 0 amide bonds. The molecule has 0 aromatic heterocycles. The van der Waals surface area contributed by atoms with Gasteiger partial charge >= 0.3 is 0 Å². The summed E-state index contributed by atoms with van der Waals surface area (Å²) in [5.41, 5.74) is 3.88. The molecule has 0 fully saturated rings. The Kier molecular flexibility index (Phi) is 9.98. The van der Waals surface area contributed by atoms with Crippen LogP contribution in [-0.2, 0) is 0 Å². The Labute approximate surface area is 180 Å². The summed E-state index contributed by atoms with van der Waals surface area (Å²) < 4.78 is 0. The number of unbranched alkanes of at least 4 members (excludes halogenated alkanes) is 1. The summed E-state index contributed by atoms with van der Waals surface area (Å²) in [6.45, 7) is 9.49. The lowest BCUT2D eigenvalue weighted by Crippen LogP contribution is -2.35. The van der Waals surface area contributed by atoms with Crippen LogP contribution in [0.25, 0.3) is 5.70 Å². The van der Waals surface area contributed by atoms with Crippen molar-refractivity contribution in [3.8, 4) is 17.9 Å². The van der Waals surface area contributed by atoms with Gasteiger partial charge < -0.3 is 4.90 Å². The molecular formula is C26H30N2S. The predicted molar refractivity (Wildman–Crippen MR) is 127 cm³/mol. The van der Waals surface area contributed by atoms with Crippen molar-refractivity contribution in [3.05, 3.63) is 77.9 Å². The van der Waals surface area contributed by atoms with E-state index >= 15 is 0 Å². The molecule has 29 heavy (non-hydrogen) atoms. The lowest BCUT2D eigenvalue weighted by atomic mass is 10.1. The fraction of sp³-hybridized carbons (Fsp3) is 0.346. The third kappa shape index (κ3) is 7.37. The number of hydrogen-bond acceptors (Lipinski definition) is 3. The highest BCUT2D eigenvalue weighted by atomic mass is 32.2. The molecule has 0 aliphatic heterocycles. The van der Waals surface area contributed by atoms with Gasteiger partial charge in [0.2, 0.25) is 0 Å². The van der Waals surface area contributed by atoms with Crippen LogP contribution in [0.1, 0.15) is 49.8 Å². The van der Waals surface area contributed by atoms with Crippen LogP contribution in [0, 0.1) is 23.2 Å². The van der Waals surface area contributed by atoms with Crippen molar-refractivity contribution < 1.29 is 0 Å². The van der Waals surface area contributed by atoms with E-state index in [1.807, 2.05) is 54.2 Å². The van der Waals surface area contributed by atoms with Gasteiger partial charge in [0.25, 0.3) is 0 Å². The molecule has 2 rings (SSSR count). The highest BCUT2D eigenvalue weighted by Crippen LogP contribution is 2.23. The minimum absolute atomic E-state index is 0.164. The molecule has 2 nitrogen and oxygen atoms in total. The summed E-state index contributed by atoms with van der Waals surface area (Å²) in [6.07, 6.45) is 3.36. The zero-order chi connectivity index (χ0) is 20.9. The zero-order valence-electron chi connectivity index (χ0n) is 17.5. The standard InChI is InChI=1S/C26H30N2S/c1-4-6-18-29-21-26(20-27)28(17-5-2)22(3)25-14-10-13-24(19-25)16-15-23-11-8-7-9-12-23/h7-14,19,26H,3-6,17-18,21H2,1-2H3. The molecule has 0 bridgehead atoms. The molecule has 0 radical (unpaired) electrons. The van der Waals surface area contributed by atoms with Gasteiger partial charge in [0.05, 0.1) is 6.07 Å². The van der Waals surface area contributed by atoms with Crippen molar-refractivity contribution in [1.29, 1.82) is 5.26 Å². The van der Waals surface area contributed by atoms with Gasteiger partial charge in [-0.3, -0.25) is 0 Å². The second kappa shape index (κ2) is 12.8. The monoisotopic (exact) mass is 402 g/mol. The molecule has 0 N–H and O–H groups in total. The van der Waals surface area contributed by atoms with E-state index in [2.05, 4.69) is 55.4 Å². The van der Waals surface area contributed by atoms with Gasteiger partial charge in [-0.25, -0.2) is 0 Å². The van der Waals surface area contributed by atoms with Crippen LogP contribution >= 0.6 is 11.8 Å². The molecule has 0 heterocycles.